The first-order valence-electron chi connectivity index (χ1n) is 8.40. The number of benzene rings is 2. The molecule has 2 amide bonds. The molecule has 7 nitrogen and oxygen atoms in total. The quantitative estimate of drug-likeness (QED) is 0.368. The fourth-order valence-electron chi connectivity index (χ4n) is 3.02. The van der Waals surface area contributed by atoms with Crippen molar-refractivity contribution >= 4 is 55.8 Å². The van der Waals surface area contributed by atoms with Gasteiger partial charge in [0.15, 0.2) is 5.76 Å². The number of carbonyl (C=O) groups is 2. The number of hydrazone groups is 1. The van der Waals surface area contributed by atoms with Crippen LogP contribution in [0.2, 0.25) is 0 Å². The van der Waals surface area contributed by atoms with Crippen molar-refractivity contribution in [2.75, 3.05) is 0 Å². The molecule has 0 atom stereocenters. The number of nitrogens with two attached hydrogens (primary N) is 1. The Bertz CT molecular complexity index is 1240. The molecule has 0 saturated heterocycles. The van der Waals surface area contributed by atoms with E-state index >= 15 is 0 Å². The lowest BCUT2D eigenvalue weighted by atomic mass is 10.2. The summed E-state index contributed by atoms with van der Waals surface area (Å²) in [4.78, 5) is 23.6. The molecule has 0 bridgehead atoms. The van der Waals surface area contributed by atoms with Gasteiger partial charge < -0.3 is 14.7 Å². The molecular weight excluding hydrogens is 424 g/mol. The van der Waals surface area contributed by atoms with Gasteiger partial charge in [0.1, 0.15) is 12.1 Å². The maximum atomic E-state index is 12.3. The van der Waals surface area contributed by atoms with Crippen LogP contribution in [0.5, 0.6) is 0 Å². The van der Waals surface area contributed by atoms with E-state index in [1.807, 2.05) is 36.4 Å². The van der Waals surface area contributed by atoms with Crippen LogP contribution in [0, 0.1) is 0 Å². The Hall–Kier alpha value is -3.39. The smallest absolute Gasteiger partial charge is 0.307 e. The number of aromatic nitrogens is 1. The number of fused-ring (bicyclic) bond motifs is 2. The van der Waals surface area contributed by atoms with Crippen LogP contribution in [0.4, 0.5) is 0 Å². The molecule has 28 heavy (non-hydrogen) atoms. The highest BCUT2D eigenvalue weighted by Gasteiger charge is 2.12. The summed E-state index contributed by atoms with van der Waals surface area (Å²) in [5, 5.41) is 5.74. The van der Waals surface area contributed by atoms with Crippen molar-refractivity contribution in [2.45, 2.75) is 6.54 Å². The molecule has 0 aliphatic carbocycles. The first-order valence-corrected chi connectivity index (χ1v) is 9.19. The number of nitrogens with zero attached hydrogens (tertiary/aromatic N) is 2. The number of amides is 2. The molecule has 0 aliphatic rings. The van der Waals surface area contributed by atoms with Gasteiger partial charge in [0, 0.05) is 32.5 Å². The predicted octanol–water partition coefficient (Wildman–Crippen LogP) is 3.40. The third kappa shape index (κ3) is 3.54. The molecule has 4 rings (SSSR count). The molecule has 8 heteroatoms. The summed E-state index contributed by atoms with van der Waals surface area (Å²) in [6, 6.07) is 14.7. The molecule has 140 valence electrons. The van der Waals surface area contributed by atoms with Gasteiger partial charge >= 0.3 is 5.91 Å². The van der Waals surface area contributed by atoms with Gasteiger partial charge in [0.25, 0.3) is 0 Å². The molecule has 0 aliphatic heterocycles. The van der Waals surface area contributed by atoms with E-state index in [4.69, 9.17) is 10.2 Å². The van der Waals surface area contributed by atoms with Crippen LogP contribution >= 0.6 is 15.9 Å². The number of furan rings is 1. The number of para-hydroxylation sites is 1. The van der Waals surface area contributed by atoms with Crippen molar-refractivity contribution in [3.63, 3.8) is 0 Å². The fraction of sp³-hybridized carbons (Fsp3) is 0.0500. The van der Waals surface area contributed by atoms with E-state index in [0.717, 1.165) is 26.3 Å². The Kier molecular flexibility index (Phi) is 4.70. The number of primary amides is 1. The Morgan fingerprint density at radius 3 is 2.86 bits per heavy atom. The third-order valence-corrected chi connectivity index (χ3v) is 4.71. The minimum atomic E-state index is -0.454. The zero-order valence-electron chi connectivity index (χ0n) is 14.6. The van der Waals surface area contributed by atoms with Gasteiger partial charge in [-0.25, -0.2) is 5.43 Å². The number of nitrogens with one attached hydrogen (secondary N) is 1. The third-order valence-electron chi connectivity index (χ3n) is 4.22. The topological polar surface area (TPSA) is 103 Å². The number of carbonyl (C=O) groups excluding carboxylic acids is 2. The molecule has 0 spiro atoms. The van der Waals surface area contributed by atoms with E-state index in [1.165, 1.54) is 6.21 Å². The standard InChI is InChI=1S/C20H15BrN4O3/c21-14-5-6-17-12(7-14)8-18(28-17)20(27)24-23-9-13-10-25(11-19(22)26)16-4-2-1-3-15(13)16/h1-10H,11H2,(H2,22,26)(H,24,27). The first kappa shape index (κ1) is 18.0. The summed E-state index contributed by atoms with van der Waals surface area (Å²) in [6.07, 6.45) is 3.29. The molecule has 3 N–H and O–H groups in total. The zero-order valence-corrected chi connectivity index (χ0v) is 16.1. The van der Waals surface area contributed by atoms with Crippen LogP contribution in [0.3, 0.4) is 0 Å². The monoisotopic (exact) mass is 438 g/mol. The molecule has 2 heterocycles. The van der Waals surface area contributed by atoms with E-state index in [0.29, 0.717) is 5.58 Å². The number of rotatable bonds is 5. The van der Waals surface area contributed by atoms with Crippen LogP contribution in [0.15, 0.2) is 68.7 Å². The van der Waals surface area contributed by atoms with E-state index in [1.54, 1.807) is 22.9 Å². The van der Waals surface area contributed by atoms with Crippen molar-refractivity contribution in [2.24, 2.45) is 10.8 Å². The van der Waals surface area contributed by atoms with Gasteiger partial charge in [0.05, 0.1) is 6.21 Å². The summed E-state index contributed by atoms with van der Waals surface area (Å²) in [5.41, 5.74) is 10.00. The molecule has 0 saturated carbocycles. The second kappa shape index (κ2) is 7.32. The minimum absolute atomic E-state index is 0.0647. The van der Waals surface area contributed by atoms with Crippen LogP contribution in [0.1, 0.15) is 16.1 Å². The normalized spacial score (nSPS) is 11.5. The summed E-state index contributed by atoms with van der Waals surface area (Å²) in [7, 11) is 0. The second-order valence-electron chi connectivity index (χ2n) is 6.19. The van der Waals surface area contributed by atoms with Gasteiger partial charge in [0.2, 0.25) is 5.91 Å². The SMILES string of the molecule is NC(=O)Cn1cc(C=NNC(=O)c2cc3cc(Br)ccc3o2)c2ccccc21. The Morgan fingerprint density at radius 2 is 2.04 bits per heavy atom. The van der Waals surface area contributed by atoms with Crippen molar-refractivity contribution < 1.29 is 14.0 Å². The molecule has 0 unspecified atom stereocenters. The lowest BCUT2D eigenvalue weighted by molar-refractivity contribution is -0.118. The highest BCUT2D eigenvalue weighted by atomic mass is 79.9. The largest absolute Gasteiger partial charge is 0.451 e. The van der Waals surface area contributed by atoms with Crippen molar-refractivity contribution in [3.05, 3.63) is 70.5 Å². The summed E-state index contributed by atoms with van der Waals surface area (Å²) in [6.45, 7) is 0.0647. The number of hydrogen-bond acceptors (Lipinski definition) is 4. The highest BCUT2D eigenvalue weighted by molar-refractivity contribution is 9.10. The summed E-state index contributed by atoms with van der Waals surface area (Å²) >= 11 is 3.39. The predicted molar refractivity (Wildman–Crippen MR) is 110 cm³/mol. The van der Waals surface area contributed by atoms with Crippen LogP contribution in [-0.2, 0) is 11.3 Å². The maximum absolute atomic E-state index is 12.3. The van der Waals surface area contributed by atoms with E-state index in [-0.39, 0.29) is 12.3 Å². The van der Waals surface area contributed by atoms with Gasteiger partial charge in [-0.05, 0) is 30.3 Å². The molecular formula is C20H15BrN4O3. The Morgan fingerprint density at radius 1 is 1.21 bits per heavy atom. The average Bonchev–Trinajstić information content (AvgIpc) is 3.23. The average molecular weight is 439 g/mol. The highest BCUT2D eigenvalue weighted by Crippen LogP contribution is 2.23. The van der Waals surface area contributed by atoms with Crippen LogP contribution in [-0.4, -0.2) is 22.6 Å². The summed E-state index contributed by atoms with van der Waals surface area (Å²) < 4.78 is 8.19. The molecule has 4 aromatic rings. The molecule has 2 aromatic heterocycles. The van der Waals surface area contributed by atoms with Crippen LogP contribution < -0.4 is 11.2 Å². The van der Waals surface area contributed by atoms with E-state index in [9.17, 15) is 9.59 Å². The van der Waals surface area contributed by atoms with Gasteiger partial charge in [-0.1, -0.05) is 34.1 Å². The van der Waals surface area contributed by atoms with Gasteiger partial charge in [-0.3, -0.25) is 9.59 Å². The fourth-order valence-corrected chi connectivity index (χ4v) is 3.40. The van der Waals surface area contributed by atoms with Gasteiger partial charge in [-0.2, -0.15) is 5.10 Å². The Balaban J connectivity index is 1.55. The first-order chi connectivity index (χ1) is 13.5. The minimum Gasteiger partial charge on any atom is -0.451 e. The molecule has 0 fully saturated rings. The maximum Gasteiger partial charge on any atom is 0.307 e. The Labute approximate surface area is 167 Å². The van der Waals surface area contributed by atoms with Gasteiger partial charge in [-0.15, -0.1) is 0 Å². The van der Waals surface area contributed by atoms with E-state index < -0.39 is 11.8 Å². The van der Waals surface area contributed by atoms with E-state index in [2.05, 4.69) is 26.5 Å². The van der Waals surface area contributed by atoms with Crippen molar-refractivity contribution in [1.29, 1.82) is 0 Å². The second-order valence-corrected chi connectivity index (χ2v) is 7.10. The molecule has 2 aromatic carbocycles. The zero-order chi connectivity index (χ0) is 19.7. The lowest BCUT2D eigenvalue weighted by Gasteiger charge is -2.00. The molecule has 0 radical (unpaired) electrons. The van der Waals surface area contributed by atoms with Crippen LogP contribution in [0.25, 0.3) is 21.9 Å². The van der Waals surface area contributed by atoms with Crippen molar-refractivity contribution in [3.8, 4) is 0 Å². The number of hydrogen-bond donors (Lipinski definition) is 2. The van der Waals surface area contributed by atoms with Crippen molar-refractivity contribution in [1.82, 2.24) is 9.99 Å². The summed E-state index contributed by atoms with van der Waals surface area (Å²) in [5.74, 6) is -0.722. The lowest BCUT2D eigenvalue weighted by Crippen LogP contribution is -2.18. The number of halogens is 1.